The summed E-state index contributed by atoms with van der Waals surface area (Å²) >= 11 is 0. The van der Waals surface area contributed by atoms with Crippen LogP contribution in [0.25, 0.3) is 6.08 Å². The van der Waals surface area contributed by atoms with Crippen LogP contribution in [0.3, 0.4) is 0 Å². The number of aryl methyl sites for hydroxylation is 1. The molecule has 0 aliphatic heterocycles. The maximum absolute atomic E-state index is 11.6. The Labute approximate surface area is 119 Å². The van der Waals surface area contributed by atoms with Crippen LogP contribution in [-0.2, 0) is 9.59 Å². The Balaban J connectivity index is 2.51. The Bertz CT molecular complexity index is 489. The fourth-order valence-corrected chi connectivity index (χ4v) is 1.73. The van der Waals surface area contributed by atoms with Crippen molar-refractivity contribution in [2.75, 3.05) is 6.54 Å². The summed E-state index contributed by atoms with van der Waals surface area (Å²) in [5.74, 6) is -1.75. The molecule has 0 fully saturated rings. The third-order valence-electron chi connectivity index (χ3n) is 3.12. The maximum atomic E-state index is 11.6. The van der Waals surface area contributed by atoms with Gasteiger partial charge in [-0.1, -0.05) is 43.7 Å². The number of rotatable bonds is 6. The maximum Gasteiger partial charge on any atom is 0.308 e. The number of amides is 1. The van der Waals surface area contributed by atoms with Gasteiger partial charge in [0.05, 0.1) is 5.92 Å². The first-order valence-electron chi connectivity index (χ1n) is 6.65. The van der Waals surface area contributed by atoms with E-state index in [4.69, 9.17) is 5.11 Å². The SMILES string of the molecule is Cc1ccc(C=CC(=O)NCC(C(=O)O)C(C)C)cc1. The Morgan fingerprint density at radius 2 is 1.85 bits per heavy atom. The molecule has 0 bridgehead atoms. The molecule has 0 heterocycles. The normalized spacial score (nSPS) is 12.6. The minimum Gasteiger partial charge on any atom is -0.481 e. The Morgan fingerprint density at radius 3 is 2.35 bits per heavy atom. The fraction of sp³-hybridized carbons (Fsp3) is 0.375. The second kappa shape index (κ2) is 7.48. The molecule has 4 heteroatoms. The third kappa shape index (κ3) is 5.26. The van der Waals surface area contributed by atoms with Gasteiger partial charge in [0.25, 0.3) is 0 Å². The monoisotopic (exact) mass is 275 g/mol. The molecule has 1 aromatic rings. The Kier molecular flexibility index (Phi) is 5.97. The summed E-state index contributed by atoms with van der Waals surface area (Å²) < 4.78 is 0. The van der Waals surface area contributed by atoms with Gasteiger partial charge >= 0.3 is 5.97 Å². The summed E-state index contributed by atoms with van der Waals surface area (Å²) in [5.41, 5.74) is 2.09. The van der Waals surface area contributed by atoms with Crippen molar-refractivity contribution in [2.24, 2.45) is 11.8 Å². The molecule has 2 N–H and O–H groups in total. The van der Waals surface area contributed by atoms with E-state index >= 15 is 0 Å². The molecule has 1 amide bonds. The highest BCUT2D eigenvalue weighted by molar-refractivity contribution is 5.91. The first-order chi connectivity index (χ1) is 9.40. The lowest BCUT2D eigenvalue weighted by molar-refractivity contribution is -0.143. The molecule has 1 rings (SSSR count). The van der Waals surface area contributed by atoms with E-state index in [0.29, 0.717) is 0 Å². The average Bonchev–Trinajstić information content (AvgIpc) is 2.37. The van der Waals surface area contributed by atoms with Crippen LogP contribution in [0.4, 0.5) is 0 Å². The van der Waals surface area contributed by atoms with E-state index < -0.39 is 11.9 Å². The molecule has 4 nitrogen and oxygen atoms in total. The van der Waals surface area contributed by atoms with Gasteiger partial charge in [0.15, 0.2) is 0 Å². The first-order valence-corrected chi connectivity index (χ1v) is 6.65. The summed E-state index contributed by atoms with van der Waals surface area (Å²) in [6.07, 6.45) is 3.13. The molecule has 1 atom stereocenters. The molecule has 0 saturated heterocycles. The van der Waals surface area contributed by atoms with Gasteiger partial charge in [-0.25, -0.2) is 0 Å². The predicted molar refractivity (Wildman–Crippen MR) is 79.2 cm³/mol. The summed E-state index contributed by atoms with van der Waals surface area (Å²) in [7, 11) is 0. The second-order valence-corrected chi connectivity index (χ2v) is 5.18. The van der Waals surface area contributed by atoms with Crippen molar-refractivity contribution in [1.82, 2.24) is 5.32 Å². The zero-order chi connectivity index (χ0) is 15.1. The van der Waals surface area contributed by atoms with Crippen LogP contribution >= 0.6 is 0 Å². The van der Waals surface area contributed by atoms with E-state index in [2.05, 4.69) is 5.32 Å². The van der Waals surface area contributed by atoms with Crippen molar-refractivity contribution in [3.63, 3.8) is 0 Å². The van der Waals surface area contributed by atoms with Gasteiger partial charge in [0.2, 0.25) is 5.91 Å². The smallest absolute Gasteiger partial charge is 0.308 e. The standard InChI is InChI=1S/C16H21NO3/c1-11(2)14(16(19)20)10-17-15(18)9-8-13-6-4-12(3)5-7-13/h4-9,11,14H,10H2,1-3H3,(H,17,18)(H,19,20). The summed E-state index contributed by atoms with van der Waals surface area (Å²) in [4.78, 5) is 22.6. The van der Waals surface area contributed by atoms with Crippen LogP contribution in [0, 0.1) is 18.8 Å². The lowest BCUT2D eigenvalue weighted by Crippen LogP contribution is -2.34. The molecule has 20 heavy (non-hydrogen) atoms. The van der Waals surface area contributed by atoms with E-state index in [1.807, 2.05) is 45.0 Å². The number of benzene rings is 1. The number of aliphatic carboxylic acids is 1. The number of carboxylic acids is 1. The molecular formula is C16H21NO3. The number of carbonyl (C=O) groups is 2. The number of nitrogens with one attached hydrogen (secondary N) is 1. The molecule has 0 radical (unpaired) electrons. The predicted octanol–water partition coefficient (Wildman–Crippen LogP) is 2.48. The molecular weight excluding hydrogens is 254 g/mol. The zero-order valence-electron chi connectivity index (χ0n) is 12.1. The number of hydrogen-bond donors (Lipinski definition) is 2. The third-order valence-corrected chi connectivity index (χ3v) is 3.12. The molecule has 1 unspecified atom stereocenters. The summed E-state index contributed by atoms with van der Waals surface area (Å²) in [5, 5.41) is 11.6. The number of carboxylic acid groups (broad SMARTS) is 1. The average molecular weight is 275 g/mol. The van der Waals surface area contributed by atoms with Gasteiger partial charge in [0.1, 0.15) is 0 Å². The van der Waals surface area contributed by atoms with Crippen molar-refractivity contribution >= 4 is 18.0 Å². The van der Waals surface area contributed by atoms with E-state index in [1.54, 1.807) is 6.08 Å². The quantitative estimate of drug-likeness (QED) is 0.784. The zero-order valence-corrected chi connectivity index (χ0v) is 12.1. The van der Waals surface area contributed by atoms with E-state index in [1.165, 1.54) is 6.08 Å². The largest absolute Gasteiger partial charge is 0.481 e. The molecule has 1 aromatic carbocycles. The summed E-state index contributed by atoms with van der Waals surface area (Å²) in [6, 6.07) is 7.79. The minimum atomic E-state index is -0.886. The molecule has 0 spiro atoms. The highest BCUT2D eigenvalue weighted by atomic mass is 16.4. The summed E-state index contributed by atoms with van der Waals surface area (Å²) in [6.45, 7) is 5.79. The van der Waals surface area contributed by atoms with E-state index in [0.717, 1.165) is 11.1 Å². The van der Waals surface area contributed by atoms with Crippen LogP contribution in [0.1, 0.15) is 25.0 Å². The number of hydrogen-bond acceptors (Lipinski definition) is 2. The van der Waals surface area contributed by atoms with Gasteiger partial charge in [-0.15, -0.1) is 0 Å². The van der Waals surface area contributed by atoms with Gasteiger partial charge in [0, 0.05) is 12.6 Å². The van der Waals surface area contributed by atoms with Crippen molar-refractivity contribution in [3.05, 3.63) is 41.5 Å². The van der Waals surface area contributed by atoms with Crippen LogP contribution in [0.2, 0.25) is 0 Å². The van der Waals surface area contributed by atoms with Crippen molar-refractivity contribution < 1.29 is 14.7 Å². The molecule has 0 aromatic heterocycles. The van der Waals surface area contributed by atoms with Crippen LogP contribution in [0.5, 0.6) is 0 Å². The van der Waals surface area contributed by atoms with Gasteiger partial charge in [-0.2, -0.15) is 0 Å². The first kappa shape index (κ1) is 16.0. The second-order valence-electron chi connectivity index (χ2n) is 5.18. The Hall–Kier alpha value is -2.10. The van der Waals surface area contributed by atoms with Crippen molar-refractivity contribution in [2.45, 2.75) is 20.8 Å². The molecule has 0 aliphatic carbocycles. The van der Waals surface area contributed by atoms with Gasteiger partial charge < -0.3 is 10.4 Å². The lowest BCUT2D eigenvalue weighted by Gasteiger charge is -2.15. The van der Waals surface area contributed by atoms with Crippen LogP contribution < -0.4 is 5.32 Å². The fourth-order valence-electron chi connectivity index (χ4n) is 1.73. The topological polar surface area (TPSA) is 66.4 Å². The van der Waals surface area contributed by atoms with Gasteiger partial charge in [-0.3, -0.25) is 9.59 Å². The van der Waals surface area contributed by atoms with E-state index in [-0.39, 0.29) is 18.4 Å². The van der Waals surface area contributed by atoms with Crippen LogP contribution in [0.15, 0.2) is 30.3 Å². The highest BCUT2D eigenvalue weighted by Gasteiger charge is 2.21. The van der Waals surface area contributed by atoms with Gasteiger partial charge in [-0.05, 0) is 24.5 Å². The molecule has 108 valence electrons. The van der Waals surface area contributed by atoms with Crippen molar-refractivity contribution in [1.29, 1.82) is 0 Å². The minimum absolute atomic E-state index is 0.0196. The van der Waals surface area contributed by atoms with Crippen LogP contribution in [-0.4, -0.2) is 23.5 Å². The number of carbonyl (C=O) groups excluding carboxylic acids is 1. The molecule has 0 aliphatic rings. The van der Waals surface area contributed by atoms with Crippen molar-refractivity contribution in [3.8, 4) is 0 Å². The Morgan fingerprint density at radius 1 is 1.25 bits per heavy atom. The highest BCUT2D eigenvalue weighted by Crippen LogP contribution is 2.09. The van der Waals surface area contributed by atoms with E-state index in [9.17, 15) is 9.59 Å². The molecule has 0 saturated carbocycles. The lowest BCUT2D eigenvalue weighted by atomic mass is 9.96.